The minimum Gasteiger partial charge on any atom is -0.397 e. The molecule has 5 heteroatoms. The minimum absolute atomic E-state index is 0. The average molecular weight is 185 g/mol. The molecule has 0 aromatic carbocycles. The molecule has 0 aliphatic carbocycles. The van der Waals surface area contributed by atoms with Crippen LogP contribution in [0.4, 0.5) is 10.1 Å². The van der Waals surface area contributed by atoms with E-state index in [1.165, 1.54) is 12.3 Å². The second-order valence-corrected chi connectivity index (χ2v) is 1.44. The Labute approximate surface area is 70.5 Å². The summed E-state index contributed by atoms with van der Waals surface area (Å²) in [6.45, 7) is 0. The molecule has 0 atom stereocenters. The fraction of sp³-hybridized carbons (Fsp3) is 0. The van der Waals surface area contributed by atoms with Crippen LogP contribution in [0.2, 0.25) is 0 Å². The van der Waals surface area contributed by atoms with Crippen LogP contribution in [0.25, 0.3) is 0 Å². The van der Waals surface area contributed by atoms with Gasteiger partial charge in [0, 0.05) is 6.20 Å². The fourth-order valence-corrected chi connectivity index (χ4v) is 0.428. The third kappa shape index (κ3) is 3.48. The van der Waals surface area contributed by atoms with E-state index < -0.39 is 5.82 Å². The van der Waals surface area contributed by atoms with Gasteiger partial charge in [-0.1, -0.05) is 0 Å². The molecule has 0 radical (unpaired) electrons. The summed E-state index contributed by atoms with van der Waals surface area (Å²) < 4.78 is 12.0. The van der Waals surface area contributed by atoms with E-state index in [1.807, 2.05) is 0 Å². The summed E-state index contributed by atoms with van der Waals surface area (Å²) >= 11 is 0. The Morgan fingerprint density at radius 1 is 1.30 bits per heavy atom. The van der Waals surface area contributed by atoms with Crippen LogP contribution in [0.1, 0.15) is 0 Å². The Morgan fingerprint density at radius 3 is 2.20 bits per heavy atom. The minimum atomic E-state index is -0.398. The van der Waals surface area contributed by atoms with E-state index >= 15 is 0 Å². The van der Waals surface area contributed by atoms with Crippen molar-refractivity contribution in [1.82, 2.24) is 4.98 Å². The van der Waals surface area contributed by atoms with E-state index in [-0.39, 0.29) is 24.8 Å². The summed E-state index contributed by atoms with van der Waals surface area (Å²) in [6, 6.07) is 1.22. The Kier molecular flexibility index (Phi) is 6.40. The van der Waals surface area contributed by atoms with Gasteiger partial charge in [-0.3, -0.25) is 4.98 Å². The molecule has 1 rings (SSSR count). The molecule has 1 aromatic heterocycles. The van der Waals surface area contributed by atoms with Gasteiger partial charge in [0.1, 0.15) is 5.82 Å². The highest BCUT2D eigenvalue weighted by molar-refractivity contribution is 5.85. The summed E-state index contributed by atoms with van der Waals surface area (Å²) in [5, 5.41) is 0. The lowest BCUT2D eigenvalue weighted by molar-refractivity contribution is 0.622. The molecule has 0 unspecified atom stereocenters. The maximum Gasteiger partial charge on any atom is 0.143 e. The van der Waals surface area contributed by atoms with Gasteiger partial charge in [0.25, 0.3) is 0 Å². The van der Waals surface area contributed by atoms with Gasteiger partial charge >= 0.3 is 0 Å². The van der Waals surface area contributed by atoms with E-state index in [0.29, 0.717) is 5.69 Å². The molecule has 0 spiro atoms. The molecule has 58 valence electrons. The summed E-state index contributed by atoms with van der Waals surface area (Å²) in [5.74, 6) is -0.398. The highest BCUT2D eigenvalue weighted by atomic mass is 35.5. The average Bonchev–Trinajstić information content (AvgIpc) is 1.64. The van der Waals surface area contributed by atoms with E-state index in [2.05, 4.69) is 4.98 Å². The van der Waals surface area contributed by atoms with Crippen LogP contribution in [0, 0.1) is 5.82 Å². The lowest BCUT2D eigenvalue weighted by Gasteiger charge is -1.87. The van der Waals surface area contributed by atoms with Gasteiger partial charge in [0.15, 0.2) is 0 Å². The van der Waals surface area contributed by atoms with Crippen LogP contribution >= 0.6 is 24.8 Å². The molecule has 2 N–H and O–H groups in total. The zero-order chi connectivity index (χ0) is 5.98. The lowest BCUT2D eigenvalue weighted by atomic mass is 10.4. The third-order valence-electron chi connectivity index (χ3n) is 0.726. The zero-order valence-electron chi connectivity index (χ0n) is 4.95. The summed E-state index contributed by atoms with van der Waals surface area (Å²) in [7, 11) is 0. The number of halogens is 3. The number of nitrogens with two attached hydrogens (primary N) is 1. The van der Waals surface area contributed by atoms with Crippen molar-refractivity contribution in [2.45, 2.75) is 0 Å². The Bertz CT molecular complexity index is 178. The number of pyridine rings is 1. The number of aromatic nitrogens is 1. The van der Waals surface area contributed by atoms with Crippen molar-refractivity contribution in [2.75, 3.05) is 5.73 Å². The number of nitrogens with zero attached hydrogens (tertiary/aromatic N) is 1. The molecular formula is C5H7Cl2FN2. The smallest absolute Gasteiger partial charge is 0.143 e. The maximum atomic E-state index is 12.0. The van der Waals surface area contributed by atoms with Crippen LogP contribution < -0.4 is 5.73 Å². The van der Waals surface area contributed by atoms with Crippen molar-refractivity contribution >= 4 is 30.5 Å². The van der Waals surface area contributed by atoms with Crippen molar-refractivity contribution < 1.29 is 4.39 Å². The van der Waals surface area contributed by atoms with Gasteiger partial charge in [0.05, 0.1) is 11.9 Å². The molecule has 0 aliphatic rings. The first-order valence-electron chi connectivity index (χ1n) is 2.15. The Balaban J connectivity index is 0. The van der Waals surface area contributed by atoms with Crippen molar-refractivity contribution in [3.8, 4) is 0 Å². The van der Waals surface area contributed by atoms with Crippen molar-refractivity contribution in [2.24, 2.45) is 0 Å². The number of nitrogen functional groups attached to an aromatic ring is 1. The zero-order valence-corrected chi connectivity index (χ0v) is 6.58. The largest absolute Gasteiger partial charge is 0.397 e. The summed E-state index contributed by atoms with van der Waals surface area (Å²) in [6.07, 6.45) is 2.50. The van der Waals surface area contributed by atoms with Crippen LogP contribution in [0.15, 0.2) is 18.5 Å². The number of hydrogen-bond acceptors (Lipinski definition) is 2. The van der Waals surface area contributed by atoms with Gasteiger partial charge in [0.2, 0.25) is 0 Å². The second kappa shape index (κ2) is 5.26. The highest BCUT2D eigenvalue weighted by Crippen LogP contribution is 1.99. The number of rotatable bonds is 0. The van der Waals surface area contributed by atoms with Gasteiger partial charge in [-0.05, 0) is 6.07 Å². The molecular weight excluding hydrogens is 178 g/mol. The predicted octanol–water partition coefficient (Wildman–Crippen LogP) is 1.65. The summed E-state index contributed by atoms with van der Waals surface area (Å²) in [4.78, 5) is 3.48. The molecule has 2 nitrogen and oxygen atoms in total. The molecule has 0 saturated heterocycles. The number of hydrogen-bond donors (Lipinski definition) is 1. The second-order valence-electron chi connectivity index (χ2n) is 1.44. The number of anilines is 1. The first-order valence-corrected chi connectivity index (χ1v) is 2.15. The topological polar surface area (TPSA) is 38.9 Å². The quantitative estimate of drug-likeness (QED) is 0.667. The molecule has 0 aliphatic heterocycles. The van der Waals surface area contributed by atoms with Gasteiger partial charge in [-0.15, -0.1) is 24.8 Å². The van der Waals surface area contributed by atoms with Crippen molar-refractivity contribution in [1.29, 1.82) is 0 Å². The Hall–Kier alpha value is -0.540. The van der Waals surface area contributed by atoms with Crippen LogP contribution in [0.5, 0.6) is 0 Å². The molecule has 0 saturated carbocycles. The first kappa shape index (κ1) is 12.2. The monoisotopic (exact) mass is 184 g/mol. The van der Waals surface area contributed by atoms with E-state index in [1.54, 1.807) is 0 Å². The molecule has 0 bridgehead atoms. The Morgan fingerprint density at radius 2 is 1.90 bits per heavy atom. The van der Waals surface area contributed by atoms with Crippen LogP contribution in [-0.4, -0.2) is 4.98 Å². The van der Waals surface area contributed by atoms with Crippen LogP contribution in [-0.2, 0) is 0 Å². The molecule has 0 fully saturated rings. The van der Waals surface area contributed by atoms with E-state index in [9.17, 15) is 4.39 Å². The van der Waals surface area contributed by atoms with Crippen molar-refractivity contribution in [3.63, 3.8) is 0 Å². The van der Waals surface area contributed by atoms with Gasteiger partial charge in [-0.2, -0.15) is 0 Å². The molecule has 1 heterocycles. The first-order chi connectivity index (χ1) is 3.79. The van der Waals surface area contributed by atoms with Gasteiger partial charge < -0.3 is 5.73 Å². The SMILES string of the molecule is Cl.Cl.Nc1cncc(F)c1. The summed E-state index contributed by atoms with van der Waals surface area (Å²) in [5.41, 5.74) is 5.51. The highest BCUT2D eigenvalue weighted by Gasteiger charge is 1.86. The van der Waals surface area contributed by atoms with E-state index in [4.69, 9.17) is 5.73 Å². The lowest BCUT2D eigenvalue weighted by Crippen LogP contribution is -1.86. The molecule has 0 amide bonds. The molecule has 10 heavy (non-hydrogen) atoms. The maximum absolute atomic E-state index is 12.0. The standard InChI is InChI=1S/C5H5FN2.2ClH/c6-4-1-5(7)3-8-2-4;;/h1-3H,7H2;2*1H. The third-order valence-corrected chi connectivity index (χ3v) is 0.726. The fourth-order valence-electron chi connectivity index (χ4n) is 0.428. The predicted molar refractivity (Wildman–Crippen MR) is 43.1 cm³/mol. The van der Waals surface area contributed by atoms with Gasteiger partial charge in [-0.25, -0.2) is 4.39 Å². The van der Waals surface area contributed by atoms with E-state index in [0.717, 1.165) is 6.20 Å². The van der Waals surface area contributed by atoms with Crippen molar-refractivity contribution in [3.05, 3.63) is 24.3 Å². The normalized spacial score (nSPS) is 7.30. The van der Waals surface area contributed by atoms with Crippen LogP contribution in [0.3, 0.4) is 0 Å². The molecule has 1 aromatic rings.